The molecule has 0 aromatic heterocycles. The monoisotopic (exact) mass is 510 g/mol. The number of hydrogen-bond acceptors (Lipinski definition) is 0. The summed E-state index contributed by atoms with van der Waals surface area (Å²) in [6.07, 6.45) is 0. The third-order valence-corrected chi connectivity index (χ3v) is 7.01. The average molecular weight is 511 g/mol. The van der Waals surface area contributed by atoms with Crippen molar-refractivity contribution in [2.45, 2.75) is 0 Å². The Morgan fingerprint density at radius 1 is 0.314 bits per heavy atom. The second kappa shape index (κ2) is 9.37. The van der Waals surface area contributed by atoms with E-state index in [0.717, 1.165) is 4.47 Å². The second-order valence-corrected chi connectivity index (χ2v) is 9.57. The molecule has 0 saturated carbocycles. The van der Waals surface area contributed by atoms with Crippen LogP contribution in [0, 0.1) is 0 Å². The summed E-state index contributed by atoms with van der Waals surface area (Å²) in [6.45, 7) is 0. The van der Waals surface area contributed by atoms with Crippen LogP contribution in [0.2, 0.25) is 0 Å². The molecule has 0 nitrogen and oxygen atoms in total. The maximum atomic E-state index is 3.76. The predicted octanol–water partition coefficient (Wildman–Crippen LogP) is 10.3. The number of hydrogen-bond donors (Lipinski definition) is 0. The molecule has 0 aliphatic carbocycles. The number of fused-ring (bicyclic) bond motifs is 1. The lowest BCUT2D eigenvalue weighted by atomic mass is 9.79. The quantitative estimate of drug-likeness (QED) is 0.221. The van der Waals surface area contributed by atoms with Crippen molar-refractivity contribution in [3.63, 3.8) is 0 Å². The van der Waals surface area contributed by atoms with Crippen LogP contribution in [0.1, 0.15) is 0 Å². The van der Waals surface area contributed by atoms with Gasteiger partial charge < -0.3 is 0 Å². The summed E-state index contributed by atoms with van der Waals surface area (Å²) in [4.78, 5) is 0. The average Bonchev–Trinajstić information content (AvgIpc) is 2.93. The van der Waals surface area contributed by atoms with E-state index in [0.29, 0.717) is 0 Å². The number of benzene rings is 6. The minimum Gasteiger partial charge on any atom is -0.0622 e. The first-order valence-electron chi connectivity index (χ1n) is 11.8. The van der Waals surface area contributed by atoms with E-state index in [1.807, 2.05) is 0 Å². The summed E-state index contributed by atoms with van der Waals surface area (Å²) in [5.74, 6) is 0. The fraction of sp³-hybridized carbons (Fsp3) is 0. The van der Waals surface area contributed by atoms with Crippen molar-refractivity contribution in [2.24, 2.45) is 0 Å². The molecule has 0 aliphatic rings. The molecular weight excluding hydrogens is 488 g/mol. The van der Waals surface area contributed by atoms with Gasteiger partial charge in [-0.2, -0.15) is 0 Å². The molecule has 6 aromatic rings. The van der Waals surface area contributed by atoms with Crippen LogP contribution in [0.5, 0.6) is 0 Å². The topological polar surface area (TPSA) is 0 Å². The molecule has 0 aliphatic heterocycles. The highest BCUT2D eigenvalue weighted by molar-refractivity contribution is 9.10. The largest absolute Gasteiger partial charge is 0.0622 e. The molecule has 6 aromatic carbocycles. The highest BCUT2D eigenvalue weighted by Gasteiger charge is 2.23. The van der Waals surface area contributed by atoms with Gasteiger partial charge in [-0.3, -0.25) is 0 Å². The molecule has 0 atom stereocenters. The van der Waals surface area contributed by atoms with Gasteiger partial charge in [0.2, 0.25) is 0 Å². The van der Waals surface area contributed by atoms with Crippen LogP contribution < -0.4 is 0 Å². The fourth-order valence-corrected chi connectivity index (χ4v) is 5.42. The first kappa shape index (κ1) is 21.6. The van der Waals surface area contributed by atoms with Crippen LogP contribution in [-0.2, 0) is 0 Å². The number of halogens is 1. The lowest BCUT2D eigenvalue weighted by Gasteiger charge is -2.24. The van der Waals surface area contributed by atoms with Crippen molar-refractivity contribution in [3.05, 3.63) is 144 Å². The van der Waals surface area contributed by atoms with Gasteiger partial charge in [0.05, 0.1) is 0 Å². The van der Waals surface area contributed by atoms with Gasteiger partial charge in [0.1, 0.15) is 0 Å². The standard InChI is InChI=1S/C34H23Br/c35-28-21-22-29-30(23-28)32(25-15-7-2-8-16-25)34(27-19-11-4-12-20-27)33(26-17-9-3-10-18-26)31(29)24-13-5-1-6-14-24/h1-23H. The molecule has 6 rings (SSSR count). The third-order valence-electron chi connectivity index (χ3n) is 6.52. The second-order valence-electron chi connectivity index (χ2n) is 8.65. The van der Waals surface area contributed by atoms with Crippen LogP contribution >= 0.6 is 15.9 Å². The molecule has 0 saturated heterocycles. The van der Waals surface area contributed by atoms with Crippen molar-refractivity contribution < 1.29 is 0 Å². The van der Waals surface area contributed by atoms with Gasteiger partial charge in [-0.05, 0) is 67.4 Å². The zero-order valence-electron chi connectivity index (χ0n) is 19.2. The Hall–Kier alpha value is -3.94. The third kappa shape index (κ3) is 3.99. The van der Waals surface area contributed by atoms with Gasteiger partial charge in [-0.1, -0.05) is 143 Å². The van der Waals surface area contributed by atoms with Crippen molar-refractivity contribution in [1.29, 1.82) is 0 Å². The Labute approximate surface area is 214 Å². The molecule has 0 N–H and O–H groups in total. The van der Waals surface area contributed by atoms with Gasteiger partial charge >= 0.3 is 0 Å². The van der Waals surface area contributed by atoms with Crippen LogP contribution in [-0.4, -0.2) is 0 Å². The van der Waals surface area contributed by atoms with E-state index >= 15 is 0 Å². The van der Waals surface area contributed by atoms with Crippen molar-refractivity contribution in [2.75, 3.05) is 0 Å². The zero-order valence-corrected chi connectivity index (χ0v) is 20.7. The highest BCUT2D eigenvalue weighted by atomic mass is 79.9. The van der Waals surface area contributed by atoms with Crippen molar-refractivity contribution >= 4 is 26.7 Å². The van der Waals surface area contributed by atoms with Crippen LogP contribution in [0.3, 0.4) is 0 Å². The van der Waals surface area contributed by atoms with E-state index in [4.69, 9.17) is 0 Å². The summed E-state index contributed by atoms with van der Waals surface area (Å²) in [6, 6.07) is 49.9. The van der Waals surface area contributed by atoms with Gasteiger partial charge in [0.15, 0.2) is 0 Å². The SMILES string of the molecule is Brc1ccc2c(-c3ccccc3)c(-c3ccccc3)c(-c3ccccc3)c(-c3ccccc3)c2c1. The first-order chi connectivity index (χ1) is 17.3. The normalized spacial score (nSPS) is 11.0. The Kier molecular flexibility index (Phi) is 5.78. The molecule has 166 valence electrons. The minimum absolute atomic E-state index is 1.08. The van der Waals surface area contributed by atoms with Crippen LogP contribution in [0.15, 0.2) is 144 Å². The van der Waals surface area contributed by atoms with Gasteiger partial charge in [0.25, 0.3) is 0 Å². The smallest absolute Gasteiger partial charge is 0.0181 e. The van der Waals surface area contributed by atoms with E-state index in [2.05, 4.69) is 155 Å². The molecule has 0 heterocycles. The highest BCUT2D eigenvalue weighted by Crippen LogP contribution is 2.51. The summed E-state index contributed by atoms with van der Waals surface area (Å²) in [7, 11) is 0. The van der Waals surface area contributed by atoms with Gasteiger partial charge in [-0.25, -0.2) is 0 Å². The Balaban J connectivity index is 1.91. The summed E-state index contributed by atoms with van der Waals surface area (Å²) >= 11 is 3.76. The summed E-state index contributed by atoms with van der Waals surface area (Å²) in [5.41, 5.74) is 9.90. The molecule has 0 amide bonds. The van der Waals surface area contributed by atoms with Crippen LogP contribution in [0.4, 0.5) is 0 Å². The maximum Gasteiger partial charge on any atom is 0.0181 e. The lowest BCUT2D eigenvalue weighted by molar-refractivity contribution is 1.56. The fourth-order valence-electron chi connectivity index (χ4n) is 5.06. The molecule has 1 heteroatoms. The van der Waals surface area contributed by atoms with Crippen molar-refractivity contribution in [1.82, 2.24) is 0 Å². The van der Waals surface area contributed by atoms with Crippen LogP contribution in [0.25, 0.3) is 55.3 Å². The molecule has 0 unspecified atom stereocenters. The minimum atomic E-state index is 1.08. The first-order valence-corrected chi connectivity index (χ1v) is 12.6. The Bertz CT molecular complexity index is 1600. The van der Waals surface area contributed by atoms with Crippen molar-refractivity contribution in [3.8, 4) is 44.5 Å². The Morgan fingerprint density at radius 2 is 0.657 bits per heavy atom. The maximum absolute atomic E-state index is 3.76. The van der Waals surface area contributed by atoms with E-state index in [1.54, 1.807) is 0 Å². The summed E-state index contributed by atoms with van der Waals surface area (Å²) < 4.78 is 1.08. The van der Waals surface area contributed by atoms with E-state index in [1.165, 1.54) is 55.3 Å². The van der Waals surface area contributed by atoms with Gasteiger partial charge in [0, 0.05) is 4.47 Å². The molecule has 0 radical (unpaired) electrons. The molecular formula is C34H23Br. The zero-order chi connectivity index (χ0) is 23.6. The predicted molar refractivity (Wildman–Crippen MR) is 153 cm³/mol. The lowest BCUT2D eigenvalue weighted by Crippen LogP contribution is -1.97. The molecule has 0 fully saturated rings. The van der Waals surface area contributed by atoms with E-state index in [-0.39, 0.29) is 0 Å². The van der Waals surface area contributed by atoms with Gasteiger partial charge in [-0.15, -0.1) is 0 Å². The molecule has 0 bridgehead atoms. The molecule has 35 heavy (non-hydrogen) atoms. The number of rotatable bonds is 4. The Morgan fingerprint density at radius 3 is 1.06 bits per heavy atom. The van der Waals surface area contributed by atoms with E-state index in [9.17, 15) is 0 Å². The summed E-state index contributed by atoms with van der Waals surface area (Å²) in [5, 5.41) is 2.49. The van der Waals surface area contributed by atoms with E-state index < -0.39 is 0 Å². The molecule has 0 spiro atoms.